The fraction of sp³-hybridized carbons (Fsp3) is 0.182. The van der Waals surface area contributed by atoms with Crippen molar-refractivity contribution in [2.45, 2.75) is 0 Å². The van der Waals surface area contributed by atoms with Gasteiger partial charge in [0.15, 0.2) is 11.5 Å². The molecule has 0 saturated heterocycles. The van der Waals surface area contributed by atoms with E-state index in [1.54, 1.807) is 40.8 Å². The normalized spacial score (nSPS) is 11.0. The van der Waals surface area contributed by atoms with E-state index in [0.29, 0.717) is 33.8 Å². The van der Waals surface area contributed by atoms with Crippen molar-refractivity contribution in [3.05, 3.63) is 42.9 Å². The molecule has 1 heterocycles. The van der Waals surface area contributed by atoms with Crippen LogP contribution in [0.25, 0.3) is 32.7 Å². The summed E-state index contributed by atoms with van der Waals surface area (Å²) in [5.41, 5.74) is 1.73. The molecule has 0 amide bonds. The lowest BCUT2D eigenvalue weighted by Crippen LogP contribution is -1.93. The molecule has 1 aromatic heterocycles. The molecule has 0 aliphatic rings. The van der Waals surface area contributed by atoms with Crippen LogP contribution in [0.5, 0.6) is 28.7 Å². The van der Waals surface area contributed by atoms with Crippen LogP contribution in [-0.4, -0.2) is 33.5 Å². The van der Waals surface area contributed by atoms with E-state index in [9.17, 15) is 5.11 Å². The molecular weight excluding hydrogens is 360 g/mol. The number of fused-ring (bicyclic) bond motifs is 2. The molecule has 0 saturated carbocycles. The maximum Gasteiger partial charge on any atom is 0.161 e. The zero-order valence-electron chi connectivity index (χ0n) is 16.0. The molecule has 6 nitrogen and oxygen atoms in total. The van der Waals surface area contributed by atoms with Crippen LogP contribution in [0.4, 0.5) is 0 Å². The Labute approximate surface area is 161 Å². The van der Waals surface area contributed by atoms with Crippen LogP contribution in [0.3, 0.4) is 0 Å². The Bertz CT molecular complexity index is 1150. The molecule has 0 aliphatic heterocycles. The summed E-state index contributed by atoms with van der Waals surface area (Å²) in [7, 11) is 6.35. The van der Waals surface area contributed by atoms with Gasteiger partial charge in [-0.2, -0.15) is 0 Å². The lowest BCUT2D eigenvalue weighted by atomic mass is 9.92. The molecule has 1 N–H and O–H groups in total. The number of hydrogen-bond donors (Lipinski definition) is 1. The first kappa shape index (κ1) is 17.9. The number of ether oxygens (including phenoxy) is 4. The first-order valence-corrected chi connectivity index (χ1v) is 8.61. The Morgan fingerprint density at radius 3 is 1.79 bits per heavy atom. The highest BCUT2D eigenvalue weighted by Crippen LogP contribution is 2.47. The monoisotopic (exact) mass is 380 g/mol. The number of rotatable bonds is 5. The van der Waals surface area contributed by atoms with Crippen molar-refractivity contribution in [3.63, 3.8) is 0 Å². The average molecular weight is 380 g/mol. The minimum atomic E-state index is 0.123. The second-order valence-corrected chi connectivity index (χ2v) is 6.28. The van der Waals surface area contributed by atoms with E-state index in [1.807, 2.05) is 24.3 Å². The van der Waals surface area contributed by atoms with Crippen molar-refractivity contribution in [3.8, 4) is 39.9 Å². The van der Waals surface area contributed by atoms with Crippen LogP contribution in [0, 0.1) is 0 Å². The Morgan fingerprint density at radius 1 is 0.643 bits per heavy atom. The predicted octanol–water partition coefficient (Wildman–Crippen LogP) is 4.99. The first-order valence-electron chi connectivity index (χ1n) is 8.61. The van der Waals surface area contributed by atoms with Crippen LogP contribution in [0.15, 0.2) is 47.3 Å². The fourth-order valence-electron chi connectivity index (χ4n) is 3.51. The van der Waals surface area contributed by atoms with E-state index in [0.717, 1.165) is 21.9 Å². The van der Waals surface area contributed by atoms with Gasteiger partial charge in [0, 0.05) is 22.4 Å². The van der Waals surface area contributed by atoms with Crippen molar-refractivity contribution < 1.29 is 28.5 Å². The molecule has 0 fully saturated rings. The highest BCUT2D eigenvalue weighted by atomic mass is 16.5. The van der Waals surface area contributed by atoms with Crippen molar-refractivity contribution in [1.29, 1.82) is 0 Å². The van der Waals surface area contributed by atoms with E-state index in [2.05, 4.69) is 0 Å². The molecule has 3 aromatic carbocycles. The van der Waals surface area contributed by atoms with Gasteiger partial charge in [0.1, 0.15) is 23.5 Å². The molecule has 0 unspecified atom stereocenters. The second-order valence-electron chi connectivity index (χ2n) is 6.28. The van der Waals surface area contributed by atoms with Gasteiger partial charge in [-0.25, -0.2) is 0 Å². The summed E-state index contributed by atoms with van der Waals surface area (Å²) < 4.78 is 27.2. The Hall–Kier alpha value is -3.54. The third kappa shape index (κ3) is 2.65. The number of furan rings is 1. The highest BCUT2D eigenvalue weighted by Gasteiger charge is 2.20. The molecule has 4 rings (SSSR count). The standard InChI is InChI=1S/C22H20O6/c1-24-13-5-12(6-14(7-13)25-2)21-15-8-19(26-3)20(27-4)9-16(15)22(23)18-11-28-10-17(18)21/h5-11,23H,1-4H3. The number of aromatic hydroxyl groups is 1. The molecule has 0 aliphatic carbocycles. The average Bonchev–Trinajstić information content (AvgIpc) is 3.22. The molecular formula is C22H20O6. The quantitative estimate of drug-likeness (QED) is 0.526. The number of hydrogen-bond acceptors (Lipinski definition) is 6. The summed E-state index contributed by atoms with van der Waals surface area (Å²) in [5.74, 6) is 2.54. The van der Waals surface area contributed by atoms with Crippen LogP contribution >= 0.6 is 0 Å². The summed E-state index contributed by atoms with van der Waals surface area (Å²) >= 11 is 0. The third-order valence-electron chi connectivity index (χ3n) is 4.87. The molecule has 6 heteroatoms. The van der Waals surface area contributed by atoms with Crippen molar-refractivity contribution in [1.82, 2.24) is 0 Å². The summed E-state index contributed by atoms with van der Waals surface area (Å²) in [5, 5.41) is 13.6. The lowest BCUT2D eigenvalue weighted by molar-refractivity contribution is 0.355. The van der Waals surface area contributed by atoms with Gasteiger partial charge in [-0.05, 0) is 35.2 Å². The SMILES string of the molecule is COc1cc(OC)cc(-c2c3cocc3c(O)c3cc(OC)c(OC)cc23)c1. The van der Waals surface area contributed by atoms with Gasteiger partial charge >= 0.3 is 0 Å². The predicted molar refractivity (Wildman–Crippen MR) is 107 cm³/mol. The highest BCUT2D eigenvalue weighted by molar-refractivity contribution is 6.17. The molecule has 144 valence electrons. The zero-order valence-corrected chi connectivity index (χ0v) is 16.0. The minimum Gasteiger partial charge on any atom is -0.507 e. The van der Waals surface area contributed by atoms with E-state index in [-0.39, 0.29) is 5.75 Å². The summed E-state index contributed by atoms with van der Waals surface area (Å²) in [4.78, 5) is 0. The van der Waals surface area contributed by atoms with Crippen molar-refractivity contribution >= 4 is 21.5 Å². The molecule has 0 radical (unpaired) electrons. The van der Waals surface area contributed by atoms with Gasteiger partial charge in [0.05, 0.1) is 40.1 Å². The maximum atomic E-state index is 10.8. The molecule has 4 aromatic rings. The lowest BCUT2D eigenvalue weighted by Gasteiger charge is -2.16. The molecule has 0 spiro atoms. The first-order chi connectivity index (χ1) is 13.6. The Kier molecular flexibility index (Phi) is 4.39. The maximum absolute atomic E-state index is 10.8. The topological polar surface area (TPSA) is 70.3 Å². The zero-order chi connectivity index (χ0) is 19.8. The van der Waals surface area contributed by atoms with Gasteiger partial charge in [0.25, 0.3) is 0 Å². The van der Waals surface area contributed by atoms with Gasteiger partial charge in [-0.3, -0.25) is 0 Å². The fourth-order valence-corrected chi connectivity index (χ4v) is 3.51. The minimum absolute atomic E-state index is 0.123. The van der Waals surface area contributed by atoms with Gasteiger partial charge in [-0.15, -0.1) is 0 Å². The van der Waals surface area contributed by atoms with Crippen LogP contribution < -0.4 is 18.9 Å². The number of methoxy groups -OCH3 is 4. The number of phenolic OH excluding ortho intramolecular Hbond substituents is 1. The van der Waals surface area contributed by atoms with Gasteiger partial charge < -0.3 is 28.5 Å². The summed E-state index contributed by atoms with van der Waals surface area (Å²) in [6.45, 7) is 0. The third-order valence-corrected chi connectivity index (χ3v) is 4.87. The van der Waals surface area contributed by atoms with Crippen molar-refractivity contribution in [2.75, 3.05) is 28.4 Å². The molecule has 28 heavy (non-hydrogen) atoms. The summed E-state index contributed by atoms with van der Waals surface area (Å²) in [6.07, 6.45) is 3.15. The largest absolute Gasteiger partial charge is 0.507 e. The second kappa shape index (κ2) is 6.88. The smallest absolute Gasteiger partial charge is 0.161 e. The van der Waals surface area contributed by atoms with E-state index < -0.39 is 0 Å². The van der Waals surface area contributed by atoms with Crippen LogP contribution in [0.2, 0.25) is 0 Å². The van der Waals surface area contributed by atoms with Crippen LogP contribution in [0.1, 0.15) is 0 Å². The van der Waals surface area contributed by atoms with E-state index >= 15 is 0 Å². The summed E-state index contributed by atoms with van der Waals surface area (Å²) in [6, 6.07) is 9.25. The Morgan fingerprint density at radius 2 is 1.21 bits per heavy atom. The Balaban J connectivity index is 2.17. The molecule has 0 atom stereocenters. The van der Waals surface area contributed by atoms with Gasteiger partial charge in [0.2, 0.25) is 0 Å². The van der Waals surface area contributed by atoms with Crippen molar-refractivity contribution in [2.24, 2.45) is 0 Å². The molecule has 0 bridgehead atoms. The van der Waals surface area contributed by atoms with E-state index in [4.69, 9.17) is 23.4 Å². The van der Waals surface area contributed by atoms with E-state index in [1.165, 1.54) is 6.26 Å². The number of benzene rings is 3. The van der Waals surface area contributed by atoms with Gasteiger partial charge in [-0.1, -0.05) is 0 Å². The number of phenols is 1. The van der Waals surface area contributed by atoms with Crippen LogP contribution in [-0.2, 0) is 0 Å².